The first-order valence-electron chi connectivity index (χ1n) is 7.09. The molecule has 4 nitrogen and oxygen atoms in total. The first-order valence-corrected chi connectivity index (χ1v) is 7.09. The topological polar surface area (TPSA) is 75.4 Å². The van der Waals surface area contributed by atoms with E-state index >= 15 is 0 Å². The Kier molecular flexibility index (Phi) is 5.60. The molecule has 2 atom stereocenters. The van der Waals surface area contributed by atoms with Crippen molar-refractivity contribution in [3.8, 4) is 0 Å². The summed E-state index contributed by atoms with van der Waals surface area (Å²) < 4.78 is 0. The van der Waals surface area contributed by atoms with Gasteiger partial charge in [0, 0.05) is 18.0 Å². The van der Waals surface area contributed by atoms with Crippen molar-refractivity contribution >= 4 is 5.91 Å². The number of rotatable bonds is 6. The van der Waals surface area contributed by atoms with Gasteiger partial charge in [0.05, 0.1) is 6.10 Å². The maximum absolute atomic E-state index is 12.4. The Bertz CT molecular complexity index is 271. The Labute approximate surface area is 110 Å². The van der Waals surface area contributed by atoms with Crippen molar-refractivity contribution in [3.63, 3.8) is 0 Å². The highest BCUT2D eigenvalue weighted by atomic mass is 16.3. The van der Waals surface area contributed by atoms with Crippen LogP contribution in [-0.4, -0.2) is 29.7 Å². The Morgan fingerprint density at radius 3 is 2.33 bits per heavy atom. The number of aliphatic hydroxyl groups is 1. The fourth-order valence-electron chi connectivity index (χ4n) is 2.93. The number of hydrogen-bond acceptors (Lipinski definition) is 3. The van der Waals surface area contributed by atoms with Gasteiger partial charge in [0.2, 0.25) is 5.91 Å². The number of carbonyl (C=O) groups is 1. The Morgan fingerprint density at radius 2 is 1.89 bits per heavy atom. The highest BCUT2D eigenvalue weighted by Crippen LogP contribution is 2.43. The third-order valence-corrected chi connectivity index (χ3v) is 3.96. The van der Waals surface area contributed by atoms with Gasteiger partial charge in [0.1, 0.15) is 0 Å². The summed E-state index contributed by atoms with van der Waals surface area (Å²) in [4.78, 5) is 12.4. The van der Waals surface area contributed by atoms with Crippen LogP contribution in [0.2, 0.25) is 0 Å². The van der Waals surface area contributed by atoms with Crippen LogP contribution in [0.4, 0.5) is 0 Å². The predicted octanol–water partition coefficient (Wildman–Crippen LogP) is 1.42. The smallest absolute Gasteiger partial charge is 0.226 e. The van der Waals surface area contributed by atoms with Crippen molar-refractivity contribution in [2.45, 2.75) is 65.0 Å². The summed E-state index contributed by atoms with van der Waals surface area (Å²) in [6.07, 6.45) is 4.62. The van der Waals surface area contributed by atoms with Crippen molar-refractivity contribution in [2.75, 3.05) is 6.54 Å². The molecule has 0 aliphatic heterocycles. The third-order valence-electron chi connectivity index (χ3n) is 3.96. The van der Waals surface area contributed by atoms with Gasteiger partial charge in [0.25, 0.3) is 0 Å². The van der Waals surface area contributed by atoms with Crippen molar-refractivity contribution < 1.29 is 9.90 Å². The van der Waals surface area contributed by atoms with Crippen LogP contribution < -0.4 is 11.1 Å². The van der Waals surface area contributed by atoms with Crippen molar-refractivity contribution in [1.82, 2.24) is 5.32 Å². The first-order chi connectivity index (χ1) is 8.37. The van der Waals surface area contributed by atoms with Crippen LogP contribution in [0.15, 0.2) is 0 Å². The molecule has 1 rings (SSSR count). The number of nitrogens with two attached hydrogens (primary N) is 1. The second kappa shape index (κ2) is 6.53. The van der Waals surface area contributed by atoms with E-state index in [2.05, 4.69) is 19.2 Å². The molecule has 0 spiro atoms. The molecule has 0 aromatic carbocycles. The molecule has 0 saturated heterocycles. The van der Waals surface area contributed by atoms with E-state index in [1.54, 1.807) is 6.92 Å². The molecule has 1 fully saturated rings. The second-order valence-corrected chi connectivity index (χ2v) is 6.20. The number of hydrogen-bond donors (Lipinski definition) is 3. The molecule has 4 N–H and O–H groups in total. The third kappa shape index (κ3) is 3.95. The molecule has 0 heterocycles. The Balaban J connectivity index is 2.55. The van der Waals surface area contributed by atoms with Gasteiger partial charge in [-0.3, -0.25) is 4.79 Å². The highest BCUT2D eigenvalue weighted by Gasteiger charge is 2.41. The molecule has 1 amide bonds. The summed E-state index contributed by atoms with van der Waals surface area (Å²) in [6, 6.07) is -0.383. The molecule has 0 aromatic rings. The Hall–Kier alpha value is -0.610. The van der Waals surface area contributed by atoms with Crippen LogP contribution in [0.5, 0.6) is 0 Å². The molecule has 1 saturated carbocycles. The second-order valence-electron chi connectivity index (χ2n) is 6.20. The van der Waals surface area contributed by atoms with E-state index < -0.39 is 6.10 Å². The minimum absolute atomic E-state index is 0.129. The molecule has 106 valence electrons. The summed E-state index contributed by atoms with van der Waals surface area (Å²) in [6.45, 7) is 6.33. The Morgan fingerprint density at radius 1 is 1.33 bits per heavy atom. The van der Waals surface area contributed by atoms with Crippen LogP contribution in [0, 0.1) is 11.3 Å². The maximum atomic E-state index is 12.4. The van der Waals surface area contributed by atoms with E-state index in [1.807, 2.05) is 0 Å². The van der Waals surface area contributed by atoms with Crippen LogP contribution in [0.25, 0.3) is 0 Å². The van der Waals surface area contributed by atoms with Gasteiger partial charge in [-0.25, -0.2) is 0 Å². The minimum atomic E-state index is -0.588. The lowest BCUT2D eigenvalue weighted by Crippen LogP contribution is -2.48. The molecule has 1 aliphatic carbocycles. The first kappa shape index (κ1) is 15.4. The lowest BCUT2D eigenvalue weighted by molar-refractivity contribution is -0.131. The largest absolute Gasteiger partial charge is 0.392 e. The van der Waals surface area contributed by atoms with Crippen LogP contribution in [0.3, 0.4) is 0 Å². The van der Waals surface area contributed by atoms with Crippen molar-refractivity contribution in [3.05, 3.63) is 0 Å². The zero-order chi connectivity index (χ0) is 13.8. The van der Waals surface area contributed by atoms with E-state index in [9.17, 15) is 9.90 Å². The summed E-state index contributed by atoms with van der Waals surface area (Å²) in [7, 11) is 0. The summed E-state index contributed by atoms with van der Waals surface area (Å²) >= 11 is 0. The lowest BCUT2D eigenvalue weighted by Gasteiger charge is -2.30. The SMILES string of the molecule is CC(C)CC1(C(=O)NCC(N)C(C)O)CCCC1. The van der Waals surface area contributed by atoms with Gasteiger partial charge >= 0.3 is 0 Å². The quantitative estimate of drug-likeness (QED) is 0.672. The number of carbonyl (C=O) groups excluding carboxylic acids is 1. The number of aliphatic hydroxyl groups excluding tert-OH is 1. The summed E-state index contributed by atoms with van der Waals surface area (Å²) in [5.74, 6) is 0.657. The molecular formula is C14H28N2O2. The van der Waals surface area contributed by atoms with E-state index in [1.165, 1.54) is 0 Å². The van der Waals surface area contributed by atoms with Crippen LogP contribution in [0.1, 0.15) is 52.9 Å². The zero-order valence-electron chi connectivity index (χ0n) is 11.9. The maximum Gasteiger partial charge on any atom is 0.226 e. The van der Waals surface area contributed by atoms with E-state index in [0.717, 1.165) is 32.1 Å². The normalized spacial score (nSPS) is 21.9. The number of nitrogens with one attached hydrogen (secondary N) is 1. The number of amides is 1. The molecular weight excluding hydrogens is 228 g/mol. The van der Waals surface area contributed by atoms with E-state index in [-0.39, 0.29) is 17.4 Å². The monoisotopic (exact) mass is 256 g/mol. The van der Waals surface area contributed by atoms with Crippen LogP contribution in [-0.2, 0) is 4.79 Å². The summed E-state index contributed by atoms with van der Waals surface area (Å²) in [5.41, 5.74) is 5.56. The van der Waals surface area contributed by atoms with Gasteiger partial charge in [-0.15, -0.1) is 0 Å². The van der Waals surface area contributed by atoms with Crippen LogP contribution >= 0.6 is 0 Å². The highest BCUT2D eigenvalue weighted by molar-refractivity contribution is 5.83. The molecule has 2 unspecified atom stereocenters. The summed E-state index contributed by atoms with van der Waals surface area (Å²) in [5, 5.41) is 12.3. The molecule has 1 aliphatic rings. The van der Waals surface area contributed by atoms with Gasteiger partial charge < -0.3 is 16.2 Å². The van der Waals surface area contributed by atoms with Gasteiger partial charge in [0.15, 0.2) is 0 Å². The fraction of sp³-hybridized carbons (Fsp3) is 0.929. The van der Waals surface area contributed by atoms with E-state index in [0.29, 0.717) is 12.5 Å². The van der Waals surface area contributed by atoms with Crippen molar-refractivity contribution in [1.29, 1.82) is 0 Å². The van der Waals surface area contributed by atoms with E-state index in [4.69, 9.17) is 5.73 Å². The van der Waals surface area contributed by atoms with Crippen molar-refractivity contribution in [2.24, 2.45) is 17.1 Å². The molecule has 0 aromatic heterocycles. The predicted molar refractivity (Wildman–Crippen MR) is 73.0 cm³/mol. The van der Waals surface area contributed by atoms with Gasteiger partial charge in [-0.2, -0.15) is 0 Å². The fourth-order valence-corrected chi connectivity index (χ4v) is 2.93. The van der Waals surface area contributed by atoms with Gasteiger partial charge in [-0.1, -0.05) is 26.7 Å². The molecule has 18 heavy (non-hydrogen) atoms. The standard InChI is InChI=1S/C14H28N2O2/c1-10(2)8-14(6-4-5-7-14)13(18)16-9-12(15)11(3)17/h10-12,17H,4-9,15H2,1-3H3,(H,16,18). The molecule has 0 bridgehead atoms. The average Bonchev–Trinajstić information content (AvgIpc) is 2.73. The minimum Gasteiger partial charge on any atom is -0.392 e. The average molecular weight is 256 g/mol. The lowest BCUT2D eigenvalue weighted by atomic mass is 9.77. The molecule has 0 radical (unpaired) electrons. The molecule has 4 heteroatoms. The zero-order valence-corrected chi connectivity index (χ0v) is 11.9. The van der Waals surface area contributed by atoms with Gasteiger partial charge in [-0.05, 0) is 32.1 Å².